The normalized spacial score (nSPS) is 10.9. The van der Waals surface area contributed by atoms with Crippen LogP contribution in [0.1, 0.15) is 35.8 Å². The van der Waals surface area contributed by atoms with Gasteiger partial charge in [0.25, 0.3) is 5.91 Å². The minimum Gasteiger partial charge on any atom is -0.322 e. The summed E-state index contributed by atoms with van der Waals surface area (Å²) in [6.07, 6.45) is 3.31. The number of nitrogens with one attached hydrogen (secondary N) is 2. The Morgan fingerprint density at radius 2 is 1.66 bits per heavy atom. The predicted octanol–water partition coefficient (Wildman–Crippen LogP) is 5.14. The Labute approximate surface area is 169 Å². The number of nitrogens with zero attached hydrogens (tertiary/aromatic N) is 3. The second kappa shape index (κ2) is 8.06. The molecule has 0 atom stereocenters. The molecule has 0 aliphatic heterocycles. The lowest BCUT2D eigenvalue weighted by molar-refractivity contribution is 0.102. The number of carbonyl (C=O) groups excluding carboxylic acids is 1. The van der Waals surface area contributed by atoms with Crippen LogP contribution >= 0.6 is 0 Å². The Kier molecular flexibility index (Phi) is 5.16. The van der Waals surface area contributed by atoms with Crippen LogP contribution < -0.4 is 10.6 Å². The number of fused-ring (bicyclic) bond motifs is 1. The smallest absolute Gasteiger partial charge is 0.274 e. The number of hydrogen-bond acceptors (Lipinski definition) is 5. The summed E-state index contributed by atoms with van der Waals surface area (Å²) in [5.41, 5.74) is 3.76. The number of anilines is 3. The SMILES string of the molecule is CC(C)c1ccccc1NC(=O)c1ccnc(Nc2cccc3cccnc23)n1. The predicted molar refractivity (Wildman–Crippen MR) is 116 cm³/mol. The summed E-state index contributed by atoms with van der Waals surface area (Å²) >= 11 is 0. The average Bonchev–Trinajstić information content (AvgIpc) is 2.74. The first kappa shape index (κ1) is 18.6. The van der Waals surface area contributed by atoms with Crippen LogP contribution in [0.2, 0.25) is 0 Å². The van der Waals surface area contributed by atoms with E-state index < -0.39 is 0 Å². The fourth-order valence-corrected chi connectivity index (χ4v) is 3.17. The molecule has 4 rings (SSSR count). The molecule has 2 heterocycles. The molecule has 0 bridgehead atoms. The van der Waals surface area contributed by atoms with Crippen molar-refractivity contribution in [1.29, 1.82) is 0 Å². The molecule has 6 nitrogen and oxygen atoms in total. The Morgan fingerprint density at radius 3 is 2.52 bits per heavy atom. The van der Waals surface area contributed by atoms with Crippen LogP contribution in [-0.4, -0.2) is 20.9 Å². The zero-order valence-electron chi connectivity index (χ0n) is 16.3. The molecule has 0 saturated heterocycles. The Bertz CT molecular complexity index is 1170. The van der Waals surface area contributed by atoms with Crippen molar-refractivity contribution in [3.8, 4) is 0 Å². The monoisotopic (exact) mass is 383 g/mol. The van der Waals surface area contributed by atoms with Crippen LogP contribution in [0.5, 0.6) is 0 Å². The van der Waals surface area contributed by atoms with Crippen molar-refractivity contribution in [2.45, 2.75) is 19.8 Å². The minimum atomic E-state index is -0.278. The first-order valence-corrected chi connectivity index (χ1v) is 9.46. The van der Waals surface area contributed by atoms with Gasteiger partial charge >= 0.3 is 0 Å². The summed E-state index contributed by atoms with van der Waals surface area (Å²) < 4.78 is 0. The minimum absolute atomic E-state index is 0.278. The van der Waals surface area contributed by atoms with Gasteiger partial charge in [0, 0.05) is 23.5 Å². The van der Waals surface area contributed by atoms with Crippen molar-refractivity contribution in [2.75, 3.05) is 10.6 Å². The maximum absolute atomic E-state index is 12.8. The van der Waals surface area contributed by atoms with Crippen molar-refractivity contribution in [1.82, 2.24) is 15.0 Å². The van der Waals surface area contributed by atoms with Gasteiger partial charge < -0.3 is 10.6 Å². The standard InChI is InChI=1S/C23H21N5O/c1-15(2)17-9-3-4-10-18(17)26-22(29)20-12-14-25-23(28-20)27-19-11-5-7-16-8-6-13-24-21(16)19/h3-15H,1-2H3,(H,26,29)(H,25,27,28). The average molecular weight is 383 g/mol. The third kappa shape index (κ3) is 4.06. The van der Waals surface area contributed by atoms with Crippen LogP contribution in [0.15, 0.2) is 73.1 Å². The molecule has 1 amide bonds. The molecule has 0 saturated carbocycles. The Morgan fingerprint density at radius 1 is 0.862 bits per heavy atom. The number of rotatable bonds is 5. The van der Waals surface area contributed by atoms with Crippen LogP contribution in [-0.2, 0) is 0 Å². The number of amides is 1. The maximum Gasteiger partial charge on any atom is 0.274 e. The van der Waals surface area contributed by atoms with Gasteiger partial charge in [-0.2, -0.15) is 0 Å². The molecular weight excluding hydrogens is 362 g/mol. The fraction of sp³-hybridized carbons (Fsp3) is 0.130. The van der Waals surface area contributed by atoms with E-state index in [0.717, 1.165) is 27.8 Å². The largest absolute Gasteiger partial charge is 0.322 e. The van der Waals surface area contributed by atoms with Gasteiger partial charge in [0.2, 0.25) is 5.95 Å². The lowest BCUT2D eigenvalue weighted by Gasteiger charge is -2.13. The molecule has 6 heteroatoms. The molecule has 0 aliphatic rings. The van der Waals surface area contributed by atoms with E-state index in [0.29, 0.717) is 11.9 Å². The summed E-state index contributed by atoms with van der Waals surface area (Å²) in [5, 5.41) is 7.14. The third-order valence-electron chi connectivity index (χ3n) is 4.60. The van der Waals surface area contributed by atoms with Gasteiger partial charge in [0.05, 0.1) is 11.2 Å². The summed E-state index contributed by atoms with van der Waals surface area (Å²) in [6.45, 7) is 4.19. The molecule has 29 heavy (non-hydrogen) atoms. The van der Waals surface area contributed by atoms with E-state index in [1.807, 2.05) is 54.6 Å². The van der Waals surface area contributed by atoms with E-state index in [4.69, 9.17) is 0 Å². The van der Waals surface area contributed by atoms with Crippen molar-refractivity contribution >= 4 is 34.1 Å². The van der Waals surface area contributed by atoms with Crippen LogP contribution in [0, 0.1) is 0 Å². The Hall–Kier alpha value is -3.80. The van der Waals surface area contributed by atoms with Gasteiger partial charge in [0.15, 0.2) is 0 Å². The quantitative estimate of drug-likeness (QED) is 0.498. The van der Waals surface area contributed by atoms with Crippen molar-refractivity contribution < 1.29 is 4.79 Å². The number of carbonyl (C=O) groups is 1. The highest BCUT2D eigenvalue weighted by atomic mass is 16.1. The topological polar surface area (TPSA) is 79.8 Å². The summed E-state index contributed by atoms with van der Waals surface area (Å²) in [7, 11) is 0. The van der Waals surface area contributed by atoms with Gasteiger partial charge in [-0.25, -0.2) is 9.97 Å². The zero-order valence-corrected chi connectivity index (χ0v) is 16.3. The van der Waals surface area contributed by atoms with E-state index in [-0.39, 0.29) is 11.6 Å². The molecule has 0 aliphatic carbocycles. The van der Waals surface area contributed by atoms with E-state index >= 15 is 0 Å². The highest BCUT2D eigenvalue weighted by Gasteiger charge is 2.13. The first-order valence-electron chi connectivity index (χ1n) is 9.46. The van der Waals surface area contributed by atoms with Crippen molar-refractivity contribution in [2.24, 2.45) is 0 Å². The lowest BCUT2D eigenvalue weighted by Crippen LogP contribution is -2.16. The van der Waals surface area contributed by atoms with Crippen LogP contribution in [0.25, 0.3) is 10.9 Å². The van der Waals surface area contributed by atoms with E-state index in [1.165, 1.54) is 0 Å². The van der Waals surface area contributed by atoms with E-state index in [2.05, 4.69) is 39.4 Å². The highest BCUT2D eigenvalue weighted by Crippen LogP contribution is 2.25. The molecule has 4 aromatic rings. The van der Waals surface area contributed by atoms with E-state index in [9.17, 15) is 4.79 Å². The van der Waals surface area contributed by atoms with Gasteiger partial charge in [-0.3, -0.25) is 9.78 Å². The molecular formula is C23H21N5O. The highest BCUT2D eigenvalue weighted by molar-refractivity contribution is 6.03. The van der Waals surface area contributed by atoms with Crippen LogP contribution in [0.4, 0.5) is 17.3 Å². The van der Waals surface area contributed by atoms with Gasteiger partial charge in [-0.05, 0) is 35.7 Å². The molecule has 2 aromatic carbocycles. The molecule has 0 unspecified atom stereocenters. The number of hydrogen-bond donors (Lipinski definition) is 2. The first-order chi connectivity index (χ1) is 14.1. The second-order valence-corrected chi connectivity index (χ2v) is 6.97. The Balaban J connectivity index is 1.58. The molecule has 2 aromatic heterocycles. The molecule has 144 valence electrons. The lowest BCUT2D eigenvalue weighted by atomic mass is 10.0. The van der Waals surface area contributed by atoms with Crippen molar-refractivity contribution in [3.05, 3.63) is 84.3 Å². The summed E-state index contributed by atoms with van der Waals surface area (Å²) in [6, 6.07) is 19.1. The molecule has 0 radical (unpaired) electrons. The second-order valence-electron chi connectivity index (χ2n) is 6.97. The number of benzene rings is 2. The number of pyridine rings is 1. The molecule has 0 spiro atoms. The number of para-hydroxylation sites is 2. The van der Waals surface area contributed by atoms with Crippen molar-refractivity contribution in [3.63, 3.8) is 0 Å². The van der Waals surface area contributed by atoms with Gasteiger partial charge in [-0.15, -0.1) is 0 Å². The molecule has 0 fully saturated rings. The maximum atomic E-state index is 12.8. The molecule has 2 N–H and O–H groups in total. The van der Waals surface area contributed by atoms with Gasteiger partial charge in [-0.1, -0.05) is 50.2 Å². The summed E-state index contributed by atoms with van der Waals surface area (Å²) in [5.74, 6) is 0.362. The third-order valence-corrected chi connectivity index (χ3v) is 4.60. The van der Waals surface area contributed by atoms with Crippen LogP contribution in [0.3, 0.4) is 0 Å². The summed E-state index contributed by atoms with van der Waals surface area (Å²) in [4.78, 5) is 25.8. The number of aromatic nitrogens is 3. The zero-order chi connectivity index (χ0) is 20.2. The fourth-order valence-electron chi connectivity index (χ4n) is 3.17. The van der Waals surface area contributed by atoms with Gasteiger partial charge in [0.1, 0.15) is 5.69 Å². The van der Waals surface area contributed by atoms with E-state index in [1.54, 1.807) is 18.5 Å².